The van der Waals surface area contributed by atoms with Gasteiger partial charge in [-0.3, -0.25) is 0 Å². The summed E-state index contributed by atoms with van der Waals surface area (Å²) in [5.41, 5.74) is 2.58. The largest absolute Gasteiger partial charge is 0.382 e. The molecule has 1 unspecified atom stereocenters. The summed E-state index contributed by atoms with van der Waals surface area (Å²) in [6.07, 6.45) is 1.12. The summed E-state index contributed by atoms with van der Waals surface area (Å²) in [7, 11) is 0. The Morgan fingerprint density at radius 1 is 1.55 bits per heavy atom. The Hall–Kier alpha value is -0.690. The van der Waals surface area contributed by atoms with Crippen LogP contribution >= 0.6 is 11.6 Å². The molecular weight excluding hydrogens is 158 g/mol. The van der Waals surface area contributed by atoms with E-state index in [-0.39, 0.29) is 0 Å². The minimum Gasteiger partial charge on any atom is -0.382 e. The van der Waals surface area contributed by atoms with Crippen molar-refractivity contribution in [2.45, 2.75) is 19.4 Å². The Morgan fingerprint density at radius 2 is 2.36 bits per heavy atom. The summed E-state index contributed by atoms with van der Waals surface area (Å²) in [6.45, 7) is 2.17. The number of benzene rings is 1. The highest BCUT2D eigenvalue weighted by atomic mass is 35.5. The van der Waals surface area contributed by atoms with Crippen LogP contribution in [0.2, 0.25) is 5.02 Å². The first kappa shape index (κ1) is 6.99. The molecule has 1 aromatic carbocycles. The molecule has 0 amide bonds. The summed E-state index contributed by atoms with van der Waals surface area (Å²) >= 11 is 5.83. The Bertz CT molecular complexity index is 283. The molecule has 1 nitrogen and oxygen atoms in total. The third-order valence-corrected chi connectivity index (χ3v) is 2.24. The molecule has 0 bridgehead atoms. The van der Waals surface area contributed by atoms with E-state index >= 15 is 0 Å². The number of fused-ring (bicyclic) bond motifs is 1. The van der Waals surface area contributed by atoms with E-state index in [1.807, 2.05) is 12.1 Å². The van der Waals surface area contributed by atoms with Gasteiger partial charge in [0.15, 0.2) is 0 Å². The lowest BCUT2D eigenvalue weighted by Gasteiger charge is -2.01. The normalized spacial score (nSPS) is 21.1. The highest BCUT2D eigenvalue weighted by Gasteiger charge is 2.15. The number of rotatable bonds is 0. The molecule has 0 spiro atoms. The number of hydrogen-bond donors (Lipinski definition) is 1. The van der Waals surface area contributed by atoms with Crippen molar-refractivity contribution in [1.82, 2.24) is 0 Å². The van der Waals surface area contributed by atoms with Crippen molar-refractivity contribution in [2.75, 3.05) is 5.32 Å². The fourth-order valence-electron chi connectivity index (χ4n) is 1.51. The molecule has 0 saturated carbocycles. The summed E-state index contributed by atoms with van der Waals surface area (Å²) in [5, 5.41) is 4.16. The molecule has 0 radical (unpaired) electrons. The standard InChI is InChI=1S/C9H10ClN/c1-6-4-7-2-3-8(10)5-9(7)11-6/h2-3,5-6,11H,4H2,1H3. The second-order valence-electron chi connectivity index (χ2n) is 3.05. The zero-order valence-electron chi connectivity index (χ0n) is 6.39. The molecule has 0 saturated heterocycles. The van der Waals surface area contributed by atoms with E-state index in [1.54, 1.807) is 0 Å². The van der Waals surface area contributed by atoms with Gasteiger partial charge >= 0.3 is 0 Å². The Labute approximate surface area is 71.4 Å². The quantitative estimate of drug-likeness (QED) is 0.627. The first-order valence-corrected chi connectivity index (χ1v) is 4.18. The molecule has 1 atom stereocenters. The predicted octanol–water partition coefficient (Wildman–Crippen LogP) is 2.70. The van der Waals surface area contributed by atoms with Crippen molar-refractivity contribution >= 4 is 17.3 Å². The minimum atomic E-state index is 0.559. The molecule has 0 aromatic heterocycles. The van der Waals surface area contributed by atoms with Gasteiger partial charge in [-0.1, -0.05) is 17.7 Å². The van der Waals surface area contributed by atoms with Crippen LogP contribution in [0.3, 0.4) is 0 Å². The summed E-state index contributed by atoms with van der Waals surface area (Å²) in [4.78, 5) is 0. The molecule has 11 heavy (non-hydrogen) atoms. The van der Waals surface area contributed by atoms with Crippen LogP contribution in [-0.2, 0) is 6.42 Å². The maximum Gasteiger partial charge on any atom is 0.0426 e. The van der Waals surface area contributed by atoms with Gasteiger partial charge in [0.25, 0.3) is 0 Å². The smallest absolute Gasteiger partial charge is 0.0426 e. The topological polar surface area (TPSA) is 12.0 Å². The van der Waals surface area contributed by atoms with Crippen LogP contribution in [0.1, 0.15) is 12.5 Å². The van der Waals surface area contributed by atoms with Gasteiger partial charge in [-0.15, -0.1) is 0 Å². The van der Waals surface area contributed by atoms with Crippen molar-refractivity contribution in [3.63, 3.8) is 0 Å². The van der Waals surface area contributed by atoms with Crippen molar-refractivity contribution in [3.05, 3.63) is 28.8 Å². The molecule has 58 valence electrons. The van der Waals surface area contributed by atoms with E-state index in [0.717, 1.165) is 11.4 Å². The molecule has 1 aliphatic rings. The van der Waals surface area contributed by atoms with Crippen LogP contribution in [0.4, 0.5) is 5.69 Å². The fourth-order valence-corrected chi connectivity index (χ4v) is 1.68. The van der Waals surface area contributed by atoms with Crippen molar-refractivity contribution in [3.8, 4) is 0 Å². The number of nitrogens with one attached hydrogen (secondary N) is 1. The lowest BCUT2D eigenvalue weighted by molar-refractivity contribution is 0.839. The zero-order valence-corrected chi connectivity index (χ0v) is 7.15. The highest BCUT2D eigenvalue weighted by molar-refractivity contribution is 6.30. The summed E-state index contributed by atoms with van der Waals surface area (Å²) in [5.74, 6) is 0. The van der Waals surface area contributed by atoms with E-state index in [4.69, 9.17) is 11.6 Å². The van der Waals surface area contributed by atoms with E-state index in [2.05, 4.69) is 18.3 Å². The monoisotopic (exact) mass is 167 g/mol. The highest BCUT2D eigenvalue weighted by Crippen LogP contribution is 2.28. The molecule has 2 heteroatoms. The average molecular weight is 168 g/mol. The van der Waals surface area contributed by atoms with Gasteiger partial charge in [-0.2, -0.15) is 0 Å². The molecule has 0 fully saturated rings. The van der Waals surface area contributed by atoms with Gasteiger partial charge in [-0.05, 0) is 31.0 Å². The number of halogens is 1. The average Bonchev–Trinajstić information content (AvgIpc) is 2.27. The second kappa shape index (κ2) is 2.42. The summed E-state index contributed by atoms with van der Waals surface area (Å²) < 4.78 is 0. The fraction of sp³-hybridized carbons (Fsp3) is 0.333. The van der Waals surface area contributed by atoms with Crippen molar-refractivity contribution in [1.29, 1.82) is 0 Å². The maximum absolute atomic E-state index is 5.83. The molecule has 2 rings (SSSR count). The first-order chi connectivity index (χ1) is 5.25. The number of anilines is 1. The first-order valence-electron chi connectivity index (χ1n) is 3.80. The molecule has 0 aliphatic carbocycles. The van der Waals surface area contributed by atoms with Crippen LogP contribution in [0.25, 0.3) is 0 Å². The van der Waals surface area contributed by atoms with E-state index in [0.29, 0.717) is 6.04 Å². The minimum absolute atomic E-state index is 0.559. The molecular formula is C9H10ClN. The van der Waals surface area contributed by atoms with Gasteiger partial charge in [0, 0.05) is 16.8 Å². The van der Waals surface area contributed by atoms with Gasteiger partial charge in [0.2, 0.25) is 0 Å². The predicted molar refractivity (Wildman–Crippen MR) is 48.2 cm³/mol. The third-order valence-electron chi connectivity index (χ3n) is 2.00. The van der Waals surface area contributed by atoms with Gasteiger partial charge in [-0.25, -0.2) is 0 Å². The molecule has 1 N–H and O–H groups in total. The van der Waals surface area contributed by atoms with E-state index in [9.17, 15) is 0 Å². The Kier molecular flexibility index (Phi) is 1.53. The SMILES string of the molecule is CC1Cc2ccc(Cl)cc2N1. The van der Waals surface area contributed by atoms with E-state index < -0.39 is 0 Å². The third kappa shape index (κ3) is 1.21. The van der Waals surface area contributed by atoms with Crippen LogP contribution in [-0.4, -0.2) is 6.04 Å². The van der Waals surface area contributed by atoms with Crippen LogP contribution in [0, 0.1) is 0 Å². The van der Waals surface area contributed by atoms with Crippen LogP contribution < -0.4 is 5.32 Å². The van der Waals surface area contributed by atoms with E-state index in [1.165, 1.54) is 11.3 Å². The molecule has 1 heterocycles. The second-order valence-corrected chi connectivity index (χ2v) is 3.49. The maximum atomic E-state index is 5.83. The van der Waals surface area contributed by atoms with Gasteiger partial charge in [0.1, 0.15) is 0 Å². The Balaban J connectivity index is 2.43. The zero-order chi connectivity index (χ0) is 7.84. The molecule has 1 aromatic rings. The van der Waals surface area contributed by atoms with Gasteiger partial charge in [0.05, 0.1) is 0 Å². The van der Waals surface area contributed by atoms with Crippen molar-refractivity contribution in [2.24, 2.45) is 0 Å². The lowest BCUT2D eigenvalue weighted by atomic mass is 10.1. The Morgan fingerprint density at radius 3 is 3.18 bits per heavy atom. The van der Waals surface area contributed by atoms with Crippen molar-refractivity contribution < 1.29 is 0 Å². The lowest BCUT2D eigenvalue weighted by Crippen LogP contribution is -2.08. The summed E-state index contributed by atoms with van der Waals surface area (Å²) in [6, 6.07) is 6.58. The number of hydrogen-bond acceptors (Lipinski definition) is 1. The van der Waals surface area contributed by atoms with Crippen LogP contribution in [0.5, 0.6) is 0 Å². The van der Waals surface area contributed by atoms with Crippen LogP contribution in [0.15, 0.2) is 18.2 Å². The molecule has 1 aliphatic heterocycles. The van der Waals surface area contributed by atoms with Gasteiger partial charge < -0.3 is 5.32 Å².